The van der Waals surface area contributed by atoms with Gasteiger partial charge in [0.15, 0.2) is 6.29 Å². The highest BCUT2D eigenvalue weighted by atomic mass is 32.1. The van der Waals surface area contributed by atoms with E-state index in [9.17, 15) is 14.4 Å². The summed E-state index contributed by atoms with van der Waals surface area (Å²) in [6.07, 6.45) is 1.60. The van der Waals surface area contributed by atoms with Gasteiger partial charge in [-0.2, -0.15) is 0 Å². The fourth-order valence-electron chi connectivity index (χ4n) is 1.92. The van der Waals surface area contributed by atoms with Crippen molar-refractivity contribution in [3.63, 3.8) is 0 Å². The van der Waals surface area contributed by atoms with Crippen LogP contribution in [0.5, 0.6) is 5.75 Å². The first-order valence-electron chi connectivity index (χ1n) is 7.08. The minimum atomic E-state index is -0.652. The van der Waals surface area contributed by atoms with E-state index in [0.29, 0.717) is 27.4 Å². The third kappa shape index (κ3) is 3.75. The molecule has 0 N–H and O–H groups in total. The van der Waals surface area contributed by atoms with E-state index in [1.165, 1.54) is 17.4 Å². The number of esters is 2. The van der Waals surface area contributed by atoms with Gasteiger partial charge < -0.3 is 9.47 Å². The summed E-state index contributed by atoms with van der Waals surface area (Å²) in [7, 11) is 0. The van der Waals surface area contributed by atoms with Crippen LogP contribution in [0, 0.1) is 6.92 Å². The second-order valence-corrected chi connectivity index (χ2v) is 5.65. The van der Waals surface area contributed by atoms with Crippen LogP contribution < -0.4 is 4.74 Å². The topological polar surface area (TPSA) is 82.6 Å². The van der Waals surface area contributed by atoms with E-state index in [-0.39, 0.29) is 17.9 Å². The van der Waals surface area contributed by atoms with Gasteiger partial charge in [-0.05, 0) is 32.0 Å². The number of hydrogen-bond acceptors (Lipinski definition) is 7. The Balaban J connectivity index is 2.38. The average Bonchev–Trinajstić information content (AvgIpc) is 2.97. The maximum atomic E-state index is 11.9. The van der Waals surface area contributed by atoms with E-state index < -0.39 is 11.9 Å². The number of ether oxygens (including phenoxy) is 2. The van der Waals surface area contributed by atoms with Crippen molar-refractivity contribution in [3.8, 4) is 16.3 Å². The monoisotopic (exact) mass is 345 g/mol. The molecule has 0 spiro atoms. The third-order valence-corrected chi connectivity index (χ3v) is 4.20. The smallest absolute Gasteiger partial charge is 0.350 e. The van der Waals surface area contributed by atoms with Gasteiger partial charge in [0.2, 0.25) is 0 Å². The number of thiazole rings is 1. The summed E-state index contributed by atoms with van der Waals surface area (Å²) in [5, 5.41) is 0.570. The number of rotatable bonds is 6. The molecule has 6 nitrogen and oxygen atoms in total. The van der Waals surface area contributed by atoms with Crippen molar-refractivity contribution in [2.24, 2.45) is 0 Å². The molecule has 0 fully saturated rings. The summed E-state index contributed by atoms with van der Waals surface area (Å²) in [5.41, 5.74) is 1.40. The molecule has 1 aromatic heterocycles. The maximum absolute atomic E-state index is 11.9. The Bertz CT molecular complexity index is 809. The van der Waals surface area contributed by atoms with Crippen molar-refractivity contribution in [3.05, 3.63) is 47.0 Å². The van der Waals surface area contributed by atoms with Gasteiger partial charge in [0, 0.05) is 11.6 Å². The Kier molecular flexibility index (Phi) is 5.59. The van der Waals surface area contributed by atoms with Gasteiger partial charge in [-0.15, -0.1) is 11.3 Å². The molecule has 0 bridgehead atoms. The lowest BCUT2D eigenvalue weighted by molar-refractivity contribution is -0.128. The predicted molar refractivity (Wildman–Crippen MR) is 89.5 cm³/mol. The van der Waals surface area contributed by atoms with Crippen molar-refractivity contribution in [1.29, 1.82) is 0 Å². The van der Waals surface area contributed by atoms with Crippen molar-refractivity contribution in [2.45, 2.75) is 13.8 Å². The van der Waals surface area contributed by atoms with Gasteiger partial charge in [-0.1, -0.05) is 6.58 Å². The molecule has 2 rings (SSSR count). The van der Waals surface area contributed by atoms with Gasteiger partial charge in [-0.3, -0.25) is 4.79 Å². The third-order valence-electron chi connectivity index (χ3n) is 3.02. The minimum absolute atomic E-state index is 0.137. The molecule has 0 saturated carbocycles. The van der Waals surface area contributed by atoms with E-state index in [1.54, 1.807) is 26.0 Å². The Hall–Kier alpha value is -2.80. The molecule has 2 aromatic rings. The molecule has 0 aliphatic rings. The number of aryl methyl sites for hydroxylation is 1. The predicted octanol–water partition coefficient (Wildman–Crippen LogP) is 3.20. The second kappa shape index (κ2) is 7.65. The van der Waals surface area contributed by atoms with Crippen LogP contribution in [0.1, 0.15) is 32.6 Å². The molecule has 1 heterocycles. The highest BCUT2D eigenvalue weighted by molar-refractivity contribution is 7.17. The van der Waals surface area contributed by atoms with Crippen LogP contribution in [0.15, 0.2) is 30.9 Å². The van der Waals surface area contributed by atoms with Gasteiger partial charge >= 0.3 is 11.9 Å². The molecular formula is C17H15NO5S. The zero-order chi connectivity index (χ0) is 17.7. The van der Waals surface area contributed by atoms with Gasteiger partial charge in [0.05, 0.1) is 17.9 Å². The first kappa shape index (κ1) is 17.6. The number of aldehydes is 1. The number of hydrogen-bond donors (Lipinski definition) is 0. The number of carbonyl (C=O) groups is 3. The fourth-order valence-corrected chi connectivity index (χ4v) is 2.88. The summed E-state index contributed by atoms with van der Waals surface area (Å²) >= 11 is 1.18. The standard InChI is InChI=1S/C17H15NO5S/c1-4-14(20)23-13-7-6-11(8-12(13)9-19)16-18-10(3)15(24-16)17(21)22-5-2/h4,6-9H,1,5H2,2-3H3. The highest BCUT2D eigenvalue weighted by Gasteiger charge is 2.18. The Morgan fingerprint density at radius 2 is 2.12 bits per heavy atom. The molecule has 0 aliphatic carbocycles. The molecule has 0 atom stereocenters. The highest BCUT2D eigenvalue weighted by Crippen LogP contribution is 2.31. The van der Waals surface area contributed by atoms with Crippen LogP contribution in [0.2, 0.25) is 0 Å². The Morgan fingerprint density at radius 3 is 2.75 bits per heavy atom. The van der Waals surface area contributed by atoms with Crippen LogP contribution in [0.3, 0.4) is 0 Å². The van der Waals surface area contributed by atoms with Crippen LogP contribution in [-0.2, 0) is 9.53 Å². The number of aromatic nitrogens is 1. The van der Waals surface area contributed by atoms with Crippen molar-refractivity contribution in [1.82, 2.24) is 4.98 Å². The second-order valence-electron chi connectivity index (χ2n) is 4.65. The first-order valence-corrected chi connectivity index (χ1v) is 7.90. The molecule has 24 heavy (non-hydrogen) atoms. The Morgan fingerprint density at radius 1 is 1.38 bits per heavy atom. The van der Waals surface area contributed by atoms with Crippen LogP contribution >= 0.6 is 11.3 Å². The van der Waals surface area contributed by atoms with E-state index in [0.717, 1.165) is 6.08 Å². The number of nitrogens with zero attached hydrogens (tertiary/aromatic N) is 1. The van der Waals surface area contributed by atoms with E-state index in [4.69, 9.17) is 9.47 Å². The molecule has 1 aromatic carbocycles. The van der Waals surface area contributed by atoms with Crippen LogP contribution in [0.4, 0.5) is 0 Å². The normalized spacial score (nSPS) is 10.1. The molecule has 7 heteroatoms. The minimum Gasteiger partial charge on any atom is -0.462 e. The van der Waals surface area contributed by atoms with Gasteiger partial charge in [0.1, 0.15) is 15.6 Å². The molecule has 0 unspecified atom stereocenters. The van der Waals surface area contributed by atoms with Crippen molar-refractivity contribution < 1.29 is 23.9 Å². The molecular weight excluding hydrogens is 330 g/mol. The molecule has 124 valence electrons. The summed E-state index contributed by atoms with van der Waals surface area (Å²) < 4.78 is 9.98. The zero-order valence-electron chi connectivity index (χ0n) is 13.2. The summed E-state index contributed by atoms with van der Waals surface area (Å²) in [5.74, 6) is -0.941. The lowest BCUT2D eigenvalue weighted by atomic mass is 10.1. The number of benzene rings is 1. The summed E-state index contributed by atoms with van der Waals surface area (Å²) in [4.78, 5) is 39.1. The fraction of sp³-hybridized carbons (Fsp3) is 0.176. The number of carbonyl (C=O) groups excluding carboxylic acids is 3. The summed E-state index contributed by atoms with van der Waals surface area (Å²) in [6, 6.07) is 4.71. The van der Waals surface area contributed by atoms with Gasteiger partial charge in [0.25, 0.3) is 0 Å². The maximum Gasteiger partial charge on any atom is 0.350 e. The quantitative estimate of drug-likeness (QED) is 0.346. The lowest BCUT2D eigenvalue weighted by Crippen LogP contribution is -2.05. The SMILES string of the molecule is C=CC(=O)Oc1ccc(-c2nc(C)c(C(=O)OCC)s2)cc1C=O. The largest absolute Gasteiger partial charge is 0.462 e. The van der Waals surface area contributed by atoms with Crippen molar-refractivity contribution in [2.75, 3.05) is 6.61 Å². The van der Waals surface area contributed by atoms with E-state index >= 15 is 0 Å². The van der Waals surface area contributed by atoms with Crippen LogP contribution in [-0.4, -0.2) is 29.8 Å². The Labute approximate surface area is 142 Å². The first-order chi connectivity index (χ1) is 11.5. The molecule has 0 amide bonds. The van der Waals surface area contributed by atoms with Gasteiger partial charge in [-0.25, -0.2) is 14.6 Å². The zero-order valence-corrected chi connectivity index (χ0v) is 14.0. The molecule has 0 saturated heterocycles. The molecule has 0 aliphatic heterocycles. The summed E-state index contributed by atoms with van der Waals surface area (Å²) in [6.45, 7) is 7.03. The van der Waals surface area contributed by atoms with Crippen LogP contribution in [0.25, 0.3) is 10.6 Å². The average molecular weight is 345 g/mol. The molecule has 0 radical (unpaired) electrons. The van der Waals surface area contributed by atoms with E-state index in [2.05, 4.69) is 11.6 Å². The lowest BCUT2D eigenvalue weighted by Gasteiger charge is -2.05. The van der Waals surface area contributed by atoms with Crippen molar-refractivity contribution >= 4 is 29.6 Å². The van der Waals surface area contributed by atoms with E-state index in [1.807, 2.05) is 0 Å².